The van der Waals surface area contributed by atoms with Gasteiger partial charge in [-0.1, -0.05) is 19.8 Å². The SMILES string of the molecule is CC1CCCC(O)(Cc2cncs2)C1. The Morgan fingerprint density at radius 2 is 2.57 bits per heavy atom. The zero-order valence-electron chi connectivity index (χ0n) is 8.57. The Morgan fingerprint density at radius 1 is 1.71 bits per heavy atom. The van der Waals surface area contributed by atoms with E-state index < -0.39 is 5.60 Å². The largest absolute Gasteiger partial charge is 0.390 e. The lowest BCUT2D eigenvalue weighted by molar-refractivity contribution is -0.0117. The van der Waals surface area contributed by atoms with Crippen LogP contribution in [0.4, 0.5) is 0 Å². The van der Waals surface area contributed by atoms with Gasteiger partial charge in [-0.15, -0.1) is 11.3 Å². The fourth-order valence-electron chi connectivity index (χ4n) is 2.45. The molecule has 0 amide bonds. The molecule has 14 heavy (non-hydrogen) atoms. The zero-order chi connectivity index (χ0) is 10.0. The third kappa shape index (κ3) is 2.34. The quantitative estimate of drug-likeness (QED) is 0.815. The van der Waals surface area contributed by atoms with Crippen LogP contribution in [-0.4, -0.2) is 15.7 Å². The highest BCUT2D eigenvalue weighted by Gasteiger charge is 2.32. The standard InChI is InChI=1S/C11H17NOS/c1-9-3-2-4-11(13,5-9)6-10-7-12-8-14-10/h7-9,13H,2-6H2,1H3. The first-order chi connectivity index (χ1) is 6.68. The number of thiazole rings is 1. The molecule has 0 saturated heterocycles. The van der Waals surface area contributed by atoms with E-state index in [0.29, 0.717) is 5.92 Å². The first-order valence-corrected chi connectivity index (χ1v) is 6.16. The normalized spacial score (nSPS) is 33.1. The fraction of sp³-hybridized carbons (Fsp3) is 0.727. The molecule has 1 aliphatic carbocycles. The van der Waals surface area contributed by atoms with E-state index in [4.69, 9.17) is 0 Å². The molecule has 1 fully saturated rings. The van der Waals surface area contributed by atoms with Gasteiger partial charge in [0.2, 0.25) is 0 Å². The summed E-state index contributed by atoms with van der Waals surface area (Å²) in [5.41, 5.74) is 1.38. The molecule has 0 aliphatic heterocycles. The van der Waals surface area contributed by atoms with E-state index in [-0.39, 0.29) is 0 Å². The van der Waals surface area contributed by atoms with Crippen LogP contribution in [0, 0.1) is 5.92 Å². The van der Waals surface area contributed by atoms with Crippen molar-refractivity contribution < 1.29 is 5.11 Å². The van der Waals surface area contributed by atoms with E-state index in [1.165, 1.54) is 11.3 Å². The number of nitrogens with zero attached hydrogens (tertiary/aromatic N) is 1. The summed E-state index contributed by atoms with van der Waals surface area (Å²) in [5.74, 6) is 0.668. The molecule has 2 unspecified atom stereocenters. The predicted octanol–water partition coefficient (Wildman–Crippen LogP) is 2.63. The highest BCUT2D eigenvalue weighted by atomic mass is 32.1. The lowest BCUT2D eigenvalue weighted by Gasteiger charge is -2.35. The number of aliphatic hydroxyl groups is 1. The van der Waals surface area contributed by atoms with Gasteiger partial charge in [-0.2, -0.15) is 0 Å². The smallest absolute Gasteiger partial charge is 0.0794 e. The second-order valence-corrected chi connectivity index (χ2v) is 5.54. The topological polar surface area (TPSA) is 33.1 Å². The van der Waals surface area contributed by atoms with Crippen LogP contribution in [0.3, 0.4) is 0 Å². The highest BCUT2D eigenvalue weighted by Crippen LogP contribution is 2.35. The van der Waals surface area contributed by atoms with Gasteiger partial charge >= 0.3 is 0 Å². The molecule has 2 rings (SSSR count). The summed E-state index contributed by atoms with van der Waals surface area (Å²) in [6.45, 7) is 2.23. The number of rotatable bonds is 2. The minimum atomic E-state index is -0.454. The summed E-state index contributed by atoms with van der Waals surface area (Å²) in [6.07, 6.45) is 7.01. The van der Waals surface area contributed by atoms with Gasteiger partial charge in [0.05, 0.1) is 11.1 Å². The lowest BCUT2D eigenvalue weighted by Crippen LogP contribution is -2.36. The molecule has 2 atom stereocenters. The van der Waals surface area contributed by atoms with Crippen molar-refractivity contribution in [1.82, 2.24) is 4.98 Å². The van der Waals surface area contributed by atoms with Crippen molar-refractivity contribution in [3.8, 4) is 0 Å². The Bertz CT molecular complexity index is 285. The lowest BCUT2D eigenvalue weighted by atomic mass is 9.77. The summed E-state index contributed by atoms with van der Waals surface area (Å²) in [6, 6.07) is 0. The van der Waals surface area contributed by atoms with Crippen LogP contribution < -0.4 is 0 Å². The summed E-state index contributed by atoms with van der Waals surface area (Å²) in [5, 5.41) is 10.4. The fourth-order valence-corrected chi connectivity index (χ4v) is 3.18. The van der Waals surface area contributed by atoms with Gasteiger partial charge in [0.15, 0.2) is 0 Å². The van der Waals surface area contributed by atoms with Crippen LogP contribution in [0.25, 0.3) is 0 Å². The summed E-state index contributed by atoms with van der Waals surface area (Å²) < 4.78 is 0. The monoisotopic (exact) mass is 211 g/mol. The first kappa shape index (κ1) is 10.1. The minimum Gasteiger partial charge on any atom is -0.390 e. The molecule has 1 heterocycles. The average Bonchev–Trinajstić information content (AvgIpc) is 2.55. The van der Waals surface area contributed by atoms with Crippen LogP contribution >= 0.6 is 11.3 Å². The van der Waals surface area contributed by atoms with Crippen LogP contribution in [0.5, 0.6) is 0 Å². The van der Waals surface area contributed by atoms with Gasteiger partial charge < -0.3 is 5.11 Å². The van der Waals surface area contributed by atoms with Gasteiger partial charge in [-0.05, 0) is 18.8 Å². The Labute approximate surface area is 89.0 Å². The van der Waals surface area contributed by atoms with Crippen LogP contribution in [0.2, 0.25) is 0 Å². The van der Waals surface area contributed by atoms with Crippen molar-refractivity contribution in [1.29, 1.82) is 0 Å². The minimum absolute atomic E-state index is 0.454. The van der Waals surface area contributed by atoms with E-state index >= 15 is 0 Å². The average molecular weight is 211 g/mol. The van der Waals surface area contributed by atoms with Gasteiger partial charge in [0, 0.05) is 17.5 Å². The number of hydrogen-bond donors (Lipinski definition) is 1. The predicted molar refractivity (Wildman–Crippen MR) is 58.4 cm³/mol. The first-order valence-electron chi connectivity index (χ1n) is 5.28. The second-order valence-electron chi connectivity index (χ2n) is 4.57. The summed E-state index contributed by atoms with van der Waals surface area (Å²) in [7, 11) is 0. The maximum absolute atomic E-state index is 10.4. The molecular formula is C11H17NOS. The molecule has 0 bridgehead atoms. The number of hydrogen-bond acceptors (Lipinski definition) is 3. The van der Waals surface area contributed by atoms with E-state index in [1.54, 1.807) is 11.3 Å². The maximum atomic E-state index is 10.4. The van der Waals surface area contributed by atoms with E-state index in [0.717, 1.165) is 25.7 Å². The van der Waals surface area contributed by atoms with Gasteiger partial charge in [-0.3, -0.25) is 4.98 Å². The Morgan fingerprint density at radius 3 is 3.21 bits per heavy atom. The molecule has 0 aromatic carbocycles. The molecule has 1 aliphatic rings. The molecular weight excluding hydrogens is 194 g/mol. The molecule has 1 saturated carbocycles. The van der Waals surface area contributed by atoms with Gasteiger partial charge in [-0.25, -0.2) is 0 Å². The molecule has 1 aromatic rings. The summed E-state index contributed by atoms with van der Waals surface area (Å²) in [4.78, 5) is 5.26. The maximum Gasteiger partial charge on any atom is 0.0794 e. The van der Waals surface area contributed by atoms with E-state index in [9.17, 15) is 5.11 Å². The van der Waals surface area contributed by atoms with Crippen molar-refractivity contribution in [2.45, 2.75) is 44.6 Å². The van der Waals surface area contributed by atoms with Crippen LogP contribution in [-0.2, 0) is 6.42 Å². The third-order valence-electron chi connectivity index (χ3n) is 3.05. The summed E-state index contributed by atoms with van der Waals surface area (Å²) >= 11 is 1.65. The van der Waals surface area contributed by atoms with Crippen molar-refractivity contribution in [3.05, 3.63) is 16.6 Å². The molecule has 3 heteroatoms. The molecule has 1 aromatic heterocycles. The van der Waals surface area contributed by atoms with Crippen molar-refractivity contribution in [2.75, 3.05) is 0 Å². The van der Waals surface area contributed by atoms with Gasteiger partial charge in [0.25, 0.3) is 0 Å². The molecule has 1 N–H and O–H groups in total. The van der Waals surface area contributed by atoms with Crippen LogP contribution in [0.15, 0.2) is 11.7 Å². The Kier molecular flexibility index (Phi) is 2.88. The van der Waals surface area contributed by atoms with Crippen LogP contribution in [0.1, 0.15) is 37.5 Å². The molecule has 78 valence electrons. The Hall–Kier alpha value is -0.410. The van der Waals surface area contributed by atoms with E-state index in [1.807, 2.05) is 11.7 Å². The zero-order valence-corrected chi connectivity index (χ0v) is 9.39. The van der Waals surface area contributed by atoms with Crippen molar-refractivity contribution in [3.63, 3.8) is 0 Å². The molecule has 0 radical (unpaired) electrons. The third-order valence-corrected chi connectivity index (χ3v) is 3.83. The molecule has 2 nitrogen and oxygen atoms in total. The Balaban J connectivity index is 2.01. The van der Waals surface area contributed by atoms with E-state index in [2.05, 4.69) is 11.9 Å². The molecule has 0 spiro atoms. The number of aromatic nitrogens is 1. The second kappa shape index (κ2) is 3.99. The highest BCUT2D eigenvalue weighted by molar-refractivity contribution is 7.09. The van der Waals surface area contributed by atoms with Crippen molar-refractivity contribution >= 4 is 11.3 Å². The van der Waals surface area contributed by atoms with Gasteiger partial charge in [0.1, 0.15) is 0 Å². The van der Waals surface area contributed by atoms with Crippen molar-refractivity contribution in [2.24, 2.45) is 5.92 Å².